The van der Waals surface area contributed by atoms with Crippen molar-refractivity contribution >= 4 is 0 Å². The molecule has 0 aromatic carbocycles. The second-order valence-corrected chi connectivity index (χ2v) is 4.88. The number of hydrogen-bond acceptors (Lipinski definition) is 0. The minimum Gasteiger partial charge on any atom is -0.340 e. The van der Waals surface area contributed by atoms with E-state index in [2.05, 4.69) is 39.2 Å². The van der Waals surface area contributed by atoms with Crippen LogP contribution in [0.1, 0.15) is 43.3 Å². The van der Waals surface area contributed by atoms with E-state index in [1.165, 1.54) is 23.4 Å². The molecule has 1 aliphatic heterocycles. The van der Waals surface area contributed by atoms with Gasteiger partial charge in [-0.2, -0.15) is 0 Å². The number of nitrogens with zero attached hydrogens (tertiary/aromatic N) is 1. The Balaban J connectivity index is 2.60. The quantitative estimate of drug-likeness (QED) is 0.563. The van der Waals surface area contributed by atoms with Crippen molar-refractivity contribution in [2.24, 2.45) is 0 Å². The van der Waals surface area contributed by atoms with E-state index < -0.39 is 0 Å². The fraction of sp³-hybridized carbons (Fsp3) is 0.636. The number of rotatable bonds is 0. The third-order valence-corrected chi connectivity index (χ3v) is 2.86. The Labute approximate surface area is 74.4 Å². The zero-order valence-corrected chi connectivity index (χ0v) is 8.65. The first-order valence-electron chi connectivity index (χ1n) is 4.62. The van der Waals surface area contributed by atoms with Gasteiger partial charge in [0.2, 0.25) is 0 Å². The van der Waals surface area contributed by atoms with Gasteiger partial charge in [-0.25, -0.2) is 0 Å². The second-order valence-electron chi connectivity index (χ2n) is 4.88. The highest BCUT2D eigenvalue weighted by Crippen LogP contribution is 2.38. The molecule has 1 aromatic heterocycles. The molecule has 12 heavy (non-hydrogen) atoms. The molecule has 0 atom stereocenters. The van der Waals surface area contributed by atoms with Crippen LogP contribution in [-0.4, -0.2) is 4.57 Å². The van der Waals surface area contributed by atoms with Crippen LogP contribution in [0.5, 0.6) is 0 Å². The molecule has 0 saturated heterocycles. The first-order valence-corrected chi connectivity index (χ1v) is 4.62. The summed E-state index contributed by atoms with van der Waals surface area (Å²) in [5.74, 6) is 0. The molecule has 66 valence electrons. The minimum atomic E-state index is 0.309. The van der Waals surface area contributed by atoms with E-state index in [1.54, 1.807) is 5.69 Å². The molecule has 0 N–H and O–H groups in total. The van der Waals surface area contributed by atoms with Gasteiger partial charge >= 0.3 is 0 Å². The van der Waals surface area contributed by atoms with Gasteiger partial charge in [0.15, 0.2) is 0 Å². The molecule has 1 heteroatoms. The summed E-state index contributed by atoms with van der Waals surface area (Å²) in [7, 11) is 0. The highest BCUT2D eigenvalue weighted by molar-refractivity contribution is 5.46. The Morgan fingerprint density at radius 2 is 1.67 bits per heavy atom. The summed E-state index contributed by atoms with van der Waals surface area (Å²) in [6.07, 6.45) is 0. The van der Waals surface area contributed by atoms with E-state index in [0.29, 0.717) is 5.41 Å². The summed E-state index contributed by atoms with van der Waals surface area (Å²) in [4.78, 5) is 0. The van der Waals surface area contributed by atoms with Gasteiger partial charge < -0.3 is 4.57 Å². The second kappa shape index (κ2) is 1.95. The Morgan fingerprint density at radius 1 is 1.08 bits per heavy atom. The van der Waals surface area contributed by atoms with Crippen LogP contribution >= 0.6 is 0 Å². The van der Waals surface area contributed by atoms with Crippen molar-refractivity contribution < 1.29 is 0 Å². The zero-order valence-electron chi connectivity index (χ0n) is 8.65. The lowest BCUT2D eigenvalue weighted by Gasteiger charge is -2.20. The molecule has 1 nitrogen and oxygen atoms in total. The predicted octanol–water partition coefficient (Wildman–Crippen LogP) is 2.76. The SMILES string of the molecule is Cc1c(C)c(C(C)(C)C)n2c1C2. The summed E-state index contributed by atoms with van der Waals surface area (Å²) >= 11 is 0. The first kappa shape index (κ1) is 7.90. The van der Waals surface area contributed by atoms with E-state index in [4.69, 9.17) is 0 Å². The predicted molar refractivity (Wildman–Crippen MR) is 51.7 cm³/mol. The fourth-order valence-electron chi connectivity index (χ4n) is 2.21. The Kier molecular flexibility index (Phi) is 1.29. The maximum Gasteiger partial charge on any atom is 0.0632 e. The smallest absolute Gasteiger partial charge is 0.0632 e. The number of hydrogen-bond donors (Lipinski definition) is 0. The van der Waals surface area contributed by atoms with Crippen LogP contribution in [0.4, 0.5) is 0 Å². The molecule has 0 saturated carbocycles. The average molecular weight is 163 g/mol. The van der Waals surface area contributed by atoms with E-state index in [-0.39, 0.29) is 0 Å². The van der Waals surface area contributed by atoms with E-state index >= 15 is 0 Å². The van der Waals surface area contributed by atoms with Crippen molar-refractivity contribution in [2.75, 3.05) is 0 Å². The van der Waals surface area contributed by atoms with Crippen LogP contribution in [0, 0.1) is 13.8 Å². The molecule has 0 spiro atoms. The van der Waals surface area contributed by atoms with Crippen LogP contribution in [0.25, 0.3) is 0 Å². The van der Waals surface area contributed by atoms with Gasteiger partial charge in [0, 0.05) is 16.8 Å². The van der Waals surface area contributed by atoms with Crippen molar-refractivity contribution in [1.29, 1.82) is 0 Å². The summed E-state index contributed by atoms with van der Waals surface area (Å²) in [6.45, 7) is 12.6. The van der Waals surface area contributed by atoms with Crippen LogP contribution in [0.2, 0.25) is 0 Å². The maximum atomic E-state index is 2.45. The summed E-state index contributed by atoms with van der Waals surface area (Å²) in [5, 5.41) is 0. The summed E-state index contributed by atoms with van der Waals surface area (Å²) in [6, 6.07) is 0. The van der Waals surface area contributed by atoms with E-state index in [1.807, 2.05) is 0 Å². The van der Waals surface area contributed by atoms with Crippen molar-refractivity contribution in [3.05, 3.63) is 22.5 Å². The number of aromatic nitrogens is 1. The van der Waals surface area contributed by atoms with Gasteiger partial charge in [-0.1, -0.05) is 20.8 Å². The van der Waals surface area contributed by atoms with Crippen LogP contribution < -0.4 is 0 Å². The normalized spacial score (nSPS) is 14.8. The largest absolute Gasteiger partial charge is 0.340 e. The van der Waals surface area contributed by atoms with Gasteiger partial charge in [-0.05, 0) is 25.0 Å². The van der Waals surface area contributed by atoms with E-state index in [9.17, 15) is 0 Å². The molecule has 1 aromatic rings. The average Bonchev–Trinajstić information content (AvgIpc) is 2.58. The van der Waals surface area contributed by atoms with Gasteiger partial charge in [0.25, 0.3) is 0 Å². The lowest BCUT2D eigenvalue weighted by molar-refractivity contribution is 0.553. The lowest BCUT2D eigenvalue weighted by atomic mass is 9.88. The molecular weight excluding hydrogens is 146 g/mol. The fourth-order valence-corrected chi connectivity index (χ4v) is 2.21. The molecule has 2 rings (SSSR count). The molecule has 0 amide bonds. The molecule has 2 heterocycles. The highest BCUT2D eigenvalue weighted by Gasteiger charge is 2.32. The Bertz CT molecular complexity index is 337. The lowest BCUT2D eigenvalue weighted by Crippen LogP contribution is -2.15. The van der Waals surface area contributed by atoms with Crippen molar-refractivity contribution in [1.82, 2.24) is 4.57 Å². The van der Waals surface area contributed by atoms with Crippen LogP contribution in [0.15, 0.2) is 0 Å². The summed E-state index contributed by atoms with van der Waals surface area (Å²) < 4.78 is 2.45. The topological polar surface area (TPSA) is 4.93 Å². The highest BCUT2D eigenvalue weighted by atomic mass is 15.1. The van der Waals surface area contributed by atoms with Crippen molar-refractivity contribution in [3.8, 4) is 0 Å². The molecule has 1 aliphatic rings. The van der Waals surface area contributed by atoms with Crippen molar-refractivity contribution in [3.63, 3.8) is 0 Å². The number of fused-ring (bicyclic) bond motifs is 1. The molecular formula is C11H17N. The minimum absolute atomic E-state index is 0.309. The Morgan fingerprint density at radius 3 is 1.92 bits per heavy atom. The third-order valence-electron chi connectivity index (χ3n) is 2.86. The van der Waals surface area contributed by atoms with Gasteiger partial charge in [0.05, 0.1) is 6.54 Å². The van der Waals surface area contributed by atoms with Crippen molar-refractivity contribution in [2.45, 2.75) is 46.6 Å². The monoisotopic (exact) mass is 163 g/mol. The van der Waals surface area contributed by atoms with E-state index in [0.717, 1.165) is 0 Å². The van der Waals surface area contributed by atoms with Gasteiger partial charge in [-0.15, -0.1) is 0 Å². The Hall–Kier alpha value is -0.720. The van der Waals surface area contributed by atoms with Gasteiger partial charge in [0.1, 0.15) is 0 Å². The van der Waals surface area contributed by atoms with Crippen LogP contribution in [0.3, 0.4) is 0 Å². The molecule has 0 unspecified atom stereocenters. The van der Waals surface area contributed by atoms with Crippen LogP contribution in [-0.2, 0) is 12.0 Å². The maximum absolute atomic E-state index is 2.45. The first-order chi connectivity index (χ1) is 5.43. The molecule has 0 radical (unpaired) electrons. The zero-order chi connectivity index (χ0) is 9.09. The molecule has 0 fully saturated rings. The molecule has 0 aliphatic carbocycles. The van der Waals surface area contributed by atoms with Gasteiger partial charge in [-0.3, -0.25) is 0 Å². The standard InChI is InChI=1S/C11H17N/c1-7-8(2)10(11(3,4)5)12-6-9(7)12/h6H2,1-5H3. The summed E-state index contributed by atoms with van der Waals surface area (Å²) in [5.41, 5.74) is 6.42. The molecule has 0 bridgehead atoms. The third kappa shape index (κ3) is 0.855.